The van der Waals surface area contributed by atoms with Crippen molar-refractivity contribution in [3.8, 4) is 11.1 Å². The first-order valence-corrected chi connectivity index (χ1v) is 12.7. The van der Waals surface area contributed by atoms with E-state index in [-0.39, 0.29) is 18.9 Å². The highest BCUT2D eigenvalue weighted by Gasteiger charge is 2.71. The Morgan fingerprint density at radius 2 is 1.34 bits per heavy atom. The summed E-state index contributed by atoms with van der Waals surface area (Å²) in [4.78, 5) is 40.6. The molecule has 3 unspecified atom stereocenters. The Labute approximate surface area is 221 Å². The molecule has 38 heavy (non-hydrogen) atoms. The zero-order valence-corrected chi connectivity index (χ0v) is 21.6. The van der Waals surface area contributed by atoms with Crippen LogP contribution in [-0.2, 0) is 25.5 Å². The van der Waals surface area contributed by atoms with Gasteiger partial charge in [-0.15, -0.1) is 0 Å². The number of benzene rings is 3. The van der Waals surface area contributed by atoms with Crippen molar-refractivity contribution in [1.29, 1.82) is 0 Å². The van der Waals surface area contributed by atoms with Crippen LogP contribution in [0.4, 0.5) is 0 Å². The molecule has 196 valence electrons. The van der Waals surface area contributed by atoms with Crippen LogP contribution in [0.15, 0.2) is 78.9 Å². The van der Waals surface area contributed by atoms with Crippen molar-refractivity contribution in [3.63, 3.8) is 0 Å². The maximum Gasteiger partial charge on any atom is 0.338 e. The first-order chi connectivity index (χ1) is 18.1. The normalized spacial score (nSPS) is 21.6. The fourth-order valence-corrected chi connectivity index (χ4v) is 6.00. The number of hydrogen-bond acceptors (Lipinski definition) is 5. The van der Waals surface area contributed by atoms with Crippen LogP contribution in [-0.4, -0.2) is 57.3 Å². The van der Waals surface area contributed by atoms with Gasteiger partial charge in [-0.05, 0) is 33.2 Å². The van der Waals surface area contributed by atoms with Gasteiger partial charge in [0.25, 0.3) is 0 Å². The summed E-state index contributed by atoms with van der Waals surface area (Å²) in [5, 5.41) is 20.6. The summed E-state index contributed by atoms with van der Waals surface area (Å²) in [5.41, 5.74) is 1.96. The number of carbonyl (C=O) groups excluding carboxylic acids is 1. The molecular weight excluding hydrogens is 482 g/mol. The second kappa shape index (κ2) is 9.40. The molecule has 3 aromatic carbocycles. The molecule has 7 nitrogen and oxygen atoms in total. The number of carboxylic acid groups (broad SMARTS) is 2. The number of hydrogen-bond donors (Lipinski definition) is 2. The molecule has 2 N–H and O–H groups in total. The molecule has 0 spiro atoms. The SMILES string of the molecule is CC(C)(C)C1C(C(=O)O)N1[C@@](Cc1ccccc1)(C(=O)O)C(=O)OCC1c2ccccc2-c2ccccc21. The Kier molecular flexibility index (Phi) is 6.35. The van der Waals surface area contributed by atoms with Crippen molar-refractivity contribution in [2.75, 3.05) is 6.61 Å². The van der Waals surface area contributed by atoms with Gasteiger partial charge in [-0.3, -0.25) is 9.69 Å². The lowest BCUT2D eigenvalue weighted by Crippen LogP contribution is -2.58. The molecule has 3 aromatic rings. The van der Waals surface area contributed by atoms with Crippen molar-refractivity contribution >= 4 is 17.9 Å². The predicted octanol–water partition coefficient (Wildman–Crippen LogP) is 4.59. The Morgan fingerprint density at radius 1 is 0.816 bits per heavy atom. The maximum absolute atomic E-state index is 14.0. The number of esters is 1. The third-order valence-electron chi connectivity index (χ3n) is 7.73. The highest BCUT2D eigenvalue weighted by atomic mass is 16.5. The summed E-state index contributed by atoms with van der Waals surface area (Å²) in [7, 11) is 0. The lowest BCUT2D eigenvalue weighted by Gasteiger charge is -2.32. The number of fused-ring (bicyclic) bond motifs is 3. The molecule has 0 aromatic heterocycles. The van der Waals surface area contributed by atoms with E-state index in [2.05, 4.69) is 0 Å². The Morgan fingerprint density at radius 3 is 1.82 bits per heavy atom. The van der Waals surface area contributed by atoms with E-state index in [0.29, 0.717) is 5.56 Å². The summed E-state index contributed by atoms with van der Waals surface area (Å²) < 4.78 is 5.87. The molecule has 4 atom stereocenters. The Bertz CT molecular complexity index is 1350. The van der Waals surface area contributed by atoms with Gasteiger partial charge in [0, 0.05) is 18.4 Å². The van der Waals surface area contributed by atoms with Crippen molar-refractivity contribution in [3.05, 3.63) is 95.6 Å². The van der Waals surface area contributed by atoms with Gasteiger partial charge in [0.15, 0.2) is 0 Å². The predicted molar refractivity (Wildman–Crippen MR) is 142 cm³/mol. The lowest BCUT2D eigenvalue weighted by atomic mass is 9.87. The van der Waals surface area contributed by atoms with Crippen LogP contribution in [0.1, 0.15) is 43.4 Å². The van der Waals surface area contributed by atoms with E-state index < -0.39 is 40.9 Å². The minimum absolute atomic E-state index is 0.0531. The lowest BCUT2D eigenvalue weighted by molar-refractivity contribution is -0.169. The topological polar surface area (TPSA) is 104 Å². The largest absolute Gasteiger partial charge is 0.480 e. The number of ether oxygens (including phenoxy) is 1. The van der Waals surface area contributed by atoms with Crippen molar-refractivity contribution in [1.82, 2.24) is 4.90 Å². The van der Waals surface area contributed by atoms with E-state index in [1.54, 1.807) is 30.3 Å². The average Bonchev–Trinajstić information content (AvgIpc) is 3.59. The minimum Gasteiger partial charge on any atom is -0.480 e. The van der Waals surface area contributed by atoms with E-state index in [1.807, 2.05) is 69.3 Å². The standard InChI is InChI=1S/C31H31NO6/c1-30(2,3)26-25(27(33)34)32(26)31(28(35)36,17-19-11-5-4-6-12-19)29(37)38-18-24-22-15-9-7-13-20(22)21-14-8-10-16-23(21)24/h4-16,24-26H,17-18H2,1-3H3,(H,33,34)(H,35,36)/t25?,26?,31-,32?/m0/s1. The number of aliphatic carboxylic acids is 2. The van der Waals surface area contributed by atoms with E-state index in [9.17, 15) is 24.6 Å². The number of carbonyl (C=O) groups is 3. The Balaban J connectivity index is 1.52. The van der Waals surface area contributed by atoms with Gasteiger partial charge in [-0.1, -0.05) is 99.6 Å². The number of rotatable bonds is 8. The van der Waals surface area contributed by atoms with Gasteiger partial charge >= 0.3 is 17.9 Å². The van der Waals surface area contributed by atoms with Gasteiger partial charge in [0.1, 0.15) is 12.6 Å². The van der Waals surface area contributed by atoms with Crippen molar-refractivity contribution < 1.29 is 29.3 Å². The van der Waals surface area contributed by atoms with E-state index in [4.69, 9.17) is 4.74 Å². The van der Waals surface area contributed by atoms with Gasteiger partial charge in [0.2, 0.25) is 5.54 Å². The molecule has 1 aliphatic carbocycles. The zero-order valence-electron chi connectivity index (χ0n) is 21.6. The molecule has 7 heteroatoms. The molecule has 0 bridgehead atoms. The summed E-state index contributed by atoms with van der Waals surface area (Å²) in [6.45, 7) is 5.49. The summed E-state index contributed by atoms with van der Waals surface area (Å²) >= 11 is 0. The molecule has 2 aliphatic rings. The summed E-state index contributed by atoms with van der Waals surface area (Å²) in [6, 6.07) is 22.8. The third-order valence-corrected chi connectivity index (χ3v) is 7.73. The number of carboxylic acids is 2. The van der Waals surface area contributed by atoms with Gasteiger partial charge < -0.3 is 14.9 Å². The van der Waals surface area contributed by atoms with Crippen LogP contribution < -0.4 is 0 Å². The van der Waals surface area contributed by atoms with Crippen molar-refractivity contribution in [2.45, 2.75) is 50.7 Å². The molecule has 1 saturated heterocycles. The van der Waals surface area contributed by atoms with E-state index in [1.165, 1.54) is 4.90 Å². The van der Waals surface area contributed by atoms with Gasteiger partial charge in [0.05, 0.1) is 0 Å². The molecular formula is C31H31NO6. The monoisotopic (exact) mass is 513 g/mol. The fraction of sp³-hybridized carbons (Fsp3) is 0.323. The first-order valence-electron chi connectivity index (χ1n) is 12.7. The van der Waals surface area contributed by atoms with Crippen LogP contribution in [0.5, 0.6) is 0 Å². The average molecular weight is 514 g/mol. The molecule has 1 fully saturated rings. The molecule has 1 aliphatic heterocycles. The van der Waals surface area contributed by atoms with Crippen LogP contribution in [0.3, 0.4) is 0 Å². The van der Waals surface area contributed by atoms with Crippen LogP contribution in [0, 0.1) is 5.41 Å². The summed E-state index contributed by atoms with van der Waals surface area (Å²) in [5.74, 6) is -3.78. The molecule has 5 rings (SSSR count). The van der Waals surface area contributed by atoms with E-state index in [0.717, 1.165) is 22.3 Å². The molecule has 0 radical (unpaired) electrons. The highest BCUT2D eigenvalue weighted by Crippen LogP contribution is 2.49. The second-order valence-electron chi connectivity index (χ2n) is 11.2. The minimum atomic E-state index is -2.19. The summed E-state index contributed by atoms with van der Waals surface area (Å²) in [6.07, 6.45) is -0.212. The highest BCUT2D eigenvalue weighted by molar-refractivity contribution is 6.06. The fourth-order valence-electron chi connectivity index (χ4n) is 6.00. The Hall–Kier alpha value is -3.97. The van der Waals surface area contributed by atoms with Crippen molar-refractivity contribution in [2.24, 2.45) is 5.41 Å². The second-order valence-corrected chi connectivity index (χ2v) is 11.2. The maximum atomic E-state index is 14.0. The third kappa shape index (κ3) is 4.17. The first kappa shape index (κ1) is 25.7. The molecule has 0 saturated carbocycles. The van der Waals surface area contributed by atoms with Gasteiger partial charge in [-0.25, -0.2) is 9.59 Å². The van der Waals surface area contributed by atoms with Crippen LogP contribution in [0.2, 0.25) is 0 Å². The smallest absolute Gasteiger partial charge is 0.338 e. The van der Waals surface area contributed by atoms with Gasteiger partial charge in [-0.2, -0.15) is 0 Å². The zero-order chi connectivity index (χ0) is 27.2. The van der Waals surface area contributed by atoms with Crippen LogP contribution >= 0.6 is 0 Å². The van der Waals surface area contributed by atoms with E-state index >= 15 is 0 Å². The number of nitrogens with zero attached hydrogens (tertiary/aromatic N) is 1. The quantitative estimate of drug-likeness (QED) is 0.258. The molecule has 1 heterocycles. The molecule has 0 amide bonds. The van der Waals surface area contributed by atoms with Crippen LogP contribution in [0.25, 0.3) is 11.1 Å².